The minimum Gasteiger partial charge on any atom is -0.495 e. The summed E-state index contributed by atoms with van der Waals surface area (Å²) in [5, 5.41) is 0.316. The molecule has 28 heavy (non-hydrogen) atoms. The van der Waals surface area contributed by atoms with Crippen LogP contribution >= 0.6 is 11.6 Å². The molecule has 0 aliphatic rings. The summed E-state index contributed by atoms with van der Waals surface area (Å²) in [6, 6.07) is 9.73. The quantitative estimate of drug-likeness (QED) is 0.609. The molecule has 3 N–H and O–H groups in total. The number of nitrogens with one attached hydrogen (secondary N) is 3. The van der Waals surface area contributed by atoms with Crippen LogP contribution in [0.25, 0.3) is 0 Å². The summed E-state index contributed by atoms with van der Waals surface area (Å²) in [5.74, 6) is -0.439. The number of hydrazine groups is 1. The molecule has 0 bridgehead atoms. The number of carbonyl (C=O) groups excluding carboxylic acids is 2. The largest absolute Gasteiger partial charge is 0.495 e. The van der Waals surface area contributed by atoms with Crippen LogP contribution in [0.15, 0.2) is 47.4 Å². The van der Waals surface area contributed by atoms with E-state index in [1.165, 1.54) is 37.4 Å². The van der Waals surface area contributed by atoms with Crippen LogP contribution in [0.4, 0.5) is 10.5 Å². The van der Waals surface area contributed by atoms with Gasteiger partial charge in [0.25, 0.3) is 15.9 Å². The molecule has 0 radical (unpaired) electrons. The molecule has 0 saturated carbocycles. The molecule has 150 valence electrons. The lowest BCUT2D eigenvalue weighted by Gasteiger charge is -2.13. The first-order valence-corrected chi connectivity index (χ1v) is 9.82. The zero-order valence-electron chi connectivity index (χ0n) is 15.0. The van der Waals surface area contributed by atoms with Crippen LogP contribution in [0, 0.1) is 0 Å². The van der Waals surface area contributed by atoms with Gasteiger partial charge in [-0.3, -0.25) is 14.9 Å². The Morgan fingerprint density at radius 3 is 2.54 bits per heavy atom. The zero-order valence-corrected chi connectivity index (χ0v) is 16.6. The number of carbonyl (C=O) groups is 2. The number of amides is 2. The summed E-state index contributed by atoms with van der Waals surface area (Å²) in [4.78, 5) is 23.2. The number of benzene rings is 2. The van der Waals surface area contributed by atoms with Gasteiger partial charge in [-0.1, -0.05) is 17.7 Å². The van der Waals surface area contributed by atoms with Gasteiger partial charge in [0.1, 0.15) is 5.75 Å². The monoisotopic (exact) mass is 427 g/mol. The number of hydrogen-bond donors (Lipinski definition) is 3. The lowest BCUT2D eigenvalue weighted by atomic mass is 10.2. The van der Waals surface area contributed by atoms with Gasteiger partial charge in [0.15, 0.2) is 0 Å². The molecule has 0 aromatic heterocycles. The van der Waals surface area contributed by atoms with E-state index < -0.39 is 22.0 Å². The van der Waals surface area contributed by atoms with E-state index >= 15 is 0 Å². The Labute approximate surface area is 167 Å². The molecule has 2 aromatic rings. The second-order valence-electron chi connectivity index (χ2n) is 5.28. The maximum Gasteiger partial charge on any atom is 0.426 e. The van der Waals surface area contributed by atoms with Crippen molar-refractivity contribution in [3.8, 4) is 5.75 Å². The first kappa shape index (κ1) is 21.3. The molecule has 0 heterocycles. The fourth-order valence-electron chi connectivity index (χ4n) is 2.12. The third-order valence-corrected chi connectivity index (χ3v) is 4.96. The highest BCUT2D eigenvalue weighted by Crippen LogP contribution is 2.29. The Kier molecular flexibility index (Phi) is 7.07. The summed E-state index contributed by atoms with van der Waals surface area (Å²) < 4.78 is 37.4. The topological polar surface area (TPSA) is 123 Å². The van der Waals surface area contributed by atoms with Crippen molar-refractivity contribution in [2.45, 2.75) is 11.8 Å². The molecule has 0 fully saturated rings. The lowest BCUT2D eigenvalue weighted by molar-refractivity contribution is 0.0912. The Morgan fingerprint density at radius 1 is 1.11 bits per heavy atom. The van der Waals surface area contributed by atoms with Crippen molar-refractivity contribution in [1.29, 1.82) is 0 Å². The predicted octanol–water partition coefficient (Wildman–Crippen LogP) is 2.54. The van der Waals surface area contributed by atoms with E-state index in [1.807, 2.05) is 5.43 Å². The van der Waals surface area contributed by atoms with Crippen molar-refractivity contribution in [3.63, 3.8) is 0 Å². The lowest BCUT2D eigenvalue weighted by Crippen LogP contribution is -2.41. The average Bonchev–Trinajstić information content (AvgIpc) is 2.66. The molecule has 2 rings (SSSR count). The molecule has 0 aliphatic carbocycles. The highest BCUT2D eigenvalue weighted by Gasteiger charge is 2.19. The van der Waals surface area contributed by atoms with Crippen LogP contribution in [0.2, 0.25) is 5.02 Å². The Hall–Kier alpha value is -2.98. The van der Waals surface area contributed by atoms with Crippen LogP contribution in [0.5, 0.6) is 5.75 Å². The Morgan fingerprint density at radius 2 is 1.86 bits per heavy atom. The fourth-order valence-corrected chi connectivity index (χ4v) is 3.39. The van der Waals surface area contributed by atoms with Crippen LogP contribution in [0.1, 0.15) is 17.3 Å². The molecule has 0 spiro atoms. The minimum absolute atomic E-state index is 0.0118. The van der Waals surface area contributed by atoms with Crippen molar-refractivity contribution < 1.29 is 27.5 Å². The van der Waals surface area contributed by atoms with Gasteiger partial charge in [-0.05, 0) is 43.3 Å². The third-order valence-electron chi connectivity index (χ3n) is 3.37. The molecule has 9 nitrogen and oxygen atoms in total. The first-order valence-electron chi connectivity index (χ1n) is 7.96. The van der Waals surface area contributed by atoms with E-state index in [-0.39, 0.29) is 28.5 Å². The SMILES string of the molecule is CCOC(=O)NNC(=O)c1cccc(S(=O)(=O)Nc2cc(Cl)ccc2OC)c1. The molecular formula is C17H18ClN3O6S. The Balaban J connectivity index is 2.21. The van der Waals surface area contributed by atoms with Crippen LogP contribution in [0.3, 0.4) is 0 Å². The number of hydrogen-bond acceptors (Lipinski definition) is 6. The molecule has 0 unspecified atom stereocenters. The van der Waals surface area contributed by atoms with Crippen LogP contribution in [-0.2, 0) is 14.8 Å². The smallest absolute Gasteiger partial charge is 0.426 e. The summed E-state index contributed by atoms with van der Waals surface area (Å²) in [7, 11) is -2.65. The van der Waals surface area contributed by atoms with Crippen molar-refractivity contribution in [2.24, 2.45) is 0 Å². The highest BCUT2D eigenvalue weighted by molar-refractivity contribution is 7.92. The van der Waals surface area contributed by atoms with Crippen molar-refractivity contribution in [2.75, 3.05) is 18.4 Å². The zero-order chi connectivity index (χ0) is 20.7. The maximum absolute atomic E-state index is 12.7. The number of rotatable bonds is 6. The summed E-state index contributed by atoms with van der Waals surface area (Å²) in [6.07, 6.45) is -0.839. The minimum atomic E-state index is -4.04. The second-order valence-corrected chi connectivity index (χ2v) is 7.40. The molecule has 0 aliphatic heterocycles. The van der Waals surface area contributed by atoms with E-state index in [2.05, 4.69) is 14.9 Å². The van der Waals surface area contributed by atoms with Crippen LogP contribution < -0.4 is 20.3 Å². The summed E-state index contributed by atoms with van der Waals surface area (Å²) in [6.45, 7) is 1.74. The van der Waals surface area contributed by atoms with Gasteiger partial charge in [-0.25, -0.2) is 18.6 Å². The predicted molar refractivity (Wildman–Crippen MR) is 103 cm³/mol. The molecular weight excluding hydrogens is 410 g/mol. The van der Waals surface area contributed by atoms with Crippen molar-refractivity contribution in [1.82, 2.24) is 10.9 Å². The van der Waals surface area contributed by atoms with Gasteiger partial charge in [0.05, 0.1) is 24.3 Å². The van der Waals surface area contributed by atoms with Gasteiger partial charge >= 0.3 is 6.09 Å². The highest BCUT2D eigenvalue weighted by atomic mass is 35.5. The fraction of sp³-hybridized carbons (Fsp3) is 0.176. The summed E-state index contributed by atoms with van der Waals surface area (Å²) >= 11 is 5.91. The summed E-state index contributed by atoms with van der Waals surface area (Å²) in [5.41, 5.74) is 4.32. The van der Waals surface area contributed by atoms with E-state index in [9.17, 15) is 18.0 Å². The number of anilines is 1. The number of sulfonamides is 1. The van der Waals surface area contributed by atoms with Crippen molar-refractivity contribution in [3.05, 3.63) is 53.1 Å². The van der Waals surface area contributed by atoms with E-state index in [0.717, 1.165) is 6.07 Å². The van der Waals surface area contributed by atoms with Crippen LogP contribution in [-0.4, -0.2) is 34.1 Å². The number of methoxy groups -OCH3 is 1. The number of ether oxygens (including phenoxy) is 2. The standard InChI is InChI=1S/C17H18ClN3O6S/c1-3-27-17(23)20-19-16(22)11-5-4-6-13(9-11)28(24,25)21-14-10-12(18)7-8-15(14)26-2/h4-10,21H,3H2,1-2H3,(H,19,22)(H,20,23). The third kappa shape index (κ3) is 5.51. The molecule has 2 amide bonds. The van der Waals surface area contributed by atoms with Gasteiger partial charge in [0.2, 0.25) is 0 Å². The normalized spacial score (nSPS) is 10.7. The van der Waals surface area contributed by atoms with Gasteiger partial charge in [-0.2, -0.15) is 0 Å². The molecule has 0 saturated heterocycles. The van der Waals surface area contributed by atoms with Gasteiger partial charge < -0.3 is 9.47 Å². The van der Waals surface area contributed by atoms with E-state index in [1.54, 1.807) is 13.0 Å². The first-order chi connectivity index (χ1) is 13.3. The molecule has 11 heteroatoms. The average molecular weight is 428 g/mol. The van der Waals surface area contributed by atoms with Gasteiger partial charge in [-0.15, -0.1) is 0 Å². The second kappa shape index (κ2) is 9.29. The molecule has 0 atom stereocenters. The van der Waals surface area contributed by atoms with Crippen molar-refractivity contribution >= 4 is 39.3 Å². The van der Waals surface area contributed by atoms with E-state index in [4.69, 9.17) is 16.3 Å². The number of halogens is 1. The maximum atomic E-state index is 12.7. The molecule has 2 aromatic carbocycles. The Bertz CT molecular complexity index is 981. The van der Waals surface area contributed by atoms with Gasteiger partial charge in [0, 0.05) is 10.6 Å². The van der Waals surface area contributed by atoms with E-state index in [0.29, 0.717) is 5.02 Å².